The quantitative estimate of drug-likeness (QED) is 0.829. The van der Waals surface area contributed by atoms with Gasteiger partial charge in [0.2, 0.25) is 0 Å². The zero-order valence-electron chi connectivity index (χ0n) is 12.7. The second kappa shape index (κ2) is 5.90. The summed E-state index contributed by atoms with van der Waals surface area (Å²) in [4.78, 5) is 7.00. The van der Waals surface area contributed by atoms with Gasteiger partial charge < -0.3 is 15.4 Å². The first kappa shape index (κ1) is 14.1. The fraction of sp³-hybridized carbons (Fsp3) is 0.471. The van der Waals surface area contributed by atoms with Gasteiger partial charge >= 0.3 is 0 Å². The summed E-state index contributed by atoms with van der Waals surface area (Å²) in [5.74, 6) is 0.790. The van der Waals surface area contributed by atoms with Crippen LogP contribution in [0.25, 0.3) is 10.9 Å². The molecule has 0 spiro atoms. The maximum Gasteiger partial charge on any atom is 0.0956 e. The summed E-state index contributed by atoms with van der Waals surface area (Å²) in [6, 6.07) is 8.57. The molecule has 0 bridgehead atoms. The van der Waals surface area contributed by atoms with Crippen molar-refractivity contribution >= 4 is 22.3 Å². The highest BCUT2D eigenvalue weighted by Gasteiger charge is 2.32. The number of hydrogen-bond donors (Lipinski definition) is 1. The Labute approximate surface area is 125 Å². The zero-order valence-corrected chi connectivity index (χ0v) is 12.7. The number of ether oxygens (including phenoxy) is 1. The predicted molar refractivity (Wildman–Crippen MR) is 87.6 cm³/mol. The van der Waals surface area contributed by atoms with Gasteiger partial charge in [-0.1, -0.05) is 0 Å². The van der Waals surface area contributed by atoms with E-state index in [-0.39, 0.29) is 0 Å². The van der Waals surface area contributed by atoms with E-state index in [0.717, 1.165) is 41.3 Å². The lowest BCUT2D eigenvalue weighted by molar-refractivity contribution is 0.203. The molecule has 1 aromatic carbocycles. The van der Waals surface area contributed by atoms with Crippen molar-refractivity contribution in [2.24, 2.45) is 5.92 Å². The summed E-state index contributed by atoms with van der Waals surface area (Å²) in [6.07, 6.45) is 4.48. The van der Waals surface area contributed by atoms with Gasteiger partial charge in [-0.15, -0.1) is 0 Å². The van der Waals surface area contributed by atoms with E-state index >= 15 is 0 Å². The Morgan fingerprint density at radius 3 is 2.90 bits per heavy atom. The molecule has 4 heteroatoms. The minimum Gasteiger partial charge on any atom is -0.398 e. The number of nitrogen functional groups attached to an aromatic ring is 1. The van der Waals surface area contributed by atoms with Crippen molar-refractivity contribution in [2.45, 2.75) is 25.8 Å². The summed E-state index contributed by atoms with van der Waals surface area (Å²) in [6.45, 7) is 3.90. The number of methoxy groups -OCH3 is 1. The SMILES string of the molecule is COCCN(c1ccc(N)c2cccnc12)C(C)C1CC1. The van der Waals surface area contributed by atoms with E-state index in [1.807, 2.05) is 24.4 Å². The largest absolute Gasteiger partial charge is 0.398 e. The zero-order chi connectivity index (χ0) is 14.8. The average molecular weight is 285 g/mol. The van der Waals surface area contributed by atoms with Crippen LogP contribution >= 0.6 is 0 Å². The van der Waals surface area contributed by atoms with Gasteiger partial charge in [-0.3, -0.25) is 4.98 Å². The third-order valence-corrected chi connectivity index (χ3v) is 4.42. The predicted octanol–water partition coefficient (Wildman–Crippen LogP) is 3.07. The third-order valence-electron chi connectivity index (χ3n) is 4.42. The van der Waals surface area contributed by atoms with Crippen LogP contribution in [0.4, 0.5) is 11.4 Å². The van der Waals surface area contributed by atoms with Crippen LogP contribution in [0.2, 0.25) is 0 Å². The molecule has 112 valence electrons. The fourth-order valence-corrected chi connectivity index (χ4v) is 2.98. The number of hydrogen-bond acceptors (Lipinski definition) is 4. The average Bonchev–Trinajstić information content (AvgIpc) is 3.34. The molecule has 2 N–H and O–H groups in total. The molecule has 1 saturated carbocycles. The van der Waals surface area contributed by atoms with Crippen molar-refractivity contribution in [1.29, 1.82) is 0 Å². The van der Waals surface area contributed by atoms with Crippen LogP contribution in [-0.2, 0) is 4.74 Å². The highest BCUT2D eigenvalue weighted by Crippen LogP contribution is 2.39. The molecule has 1 aliphatic rings. The number of fused-ring (bicyclic) bond motifs is 1. The molecule has 0 aliphatic heterocycles. The fourth-order valence-electron chi connectivity index (χ4n) is 2.98. The van der Waals surface area contributed by atoms with Crippen molar-refractivity contribution in [2.75, 3.05) is 30.9 Å². The number of aromatic nitrogens is 1. The lowest BCUT2D eigenvalue weighted by Crippen LogP contribution is -2.37. The van der Waals surface area contributed by atoms with Crippen LogP contribution in [0.3, 0.4) is 0 Å². The van der Waals surface area contributed by atoms with Crippen LogP contribution in [0.5, 0.6) is 0 Å². The molecular formula is C17H23N3O. The van der Waals surface area contributed by atoms with Gasteiger partial charge in [-0.05, 0) is 49.9 Å². The molecule has 1 aliphatic carbocycles. The van der Waals surface area contributed by atoms with E-state index < -0.39 is 0 Å². The monoisotopic (exact) mass is 285 g/mol. The second-order valence-corrected chi connectivity index (χ2v) is 5.84. The van der Waals surface area contributed by atoms with Crippen LogP contribution in [-0.4, -0.2) is 31.3 Å². The molecule has 1 heterocycles. The molecule has 4 nitrogen and oxygen atoms in total. The highest BCUT2D eigenvalue weighted by molar-refractivity contribution is 5.98. The second-order valence-electron chi connectivity index (χ2n) is 5.84. The molecule has 0 radical (unpaired) electrons. The van der Waals surface area contributed by atoms with Crippen molar-refractivity contribution in [3.05, 3.63) is 30.5 Å². The number of anilines is 2. The van der Waals surface area contributed by atoms with Gasteiger partial charge in [0.1, 0.15) is 0 Å². The topological polar surface area (TPSA) is 51.4 Å². The number of pyridine rings is 1. The molecular weight excluding hydrogens is 262 g/mol. The molecule has 0 saturated heterocycles. The lowest BCUT2D eigenvalue weighted by Gasteiger charge is -2.32. The smallest absolute Gasteiger partial charge is 0.0956 e. The first-order valence-corrected chi connectivity index (χ1v) is 7.61. The van der Waals surface area contributed by atoms with E-state index in [4.69, 9.17) is 10.5 Å². The minimum atomic E-state index is 0.508. The van der Waals surface area contributed by atoms with Crippen LogP contribution < -0.4 is 10.6 Å². The molecule has 21 heavy (non-hydrogen) atoms. The Morgan fingerprint density at radius 1 is 1.38 bits per heavy atom. The van der Waals surface area contributed by atoms with Crippen molar-refractivity contribution in [3.63, 3.8) is 0 Å². The van der Waals surface area contributed by atoms with Crippen molar-refractivity contribution < 1.29 is 4.74 Å². The lowest BCUT2D eigenvalue weighted by atomic mass is 10.1. The van der Waals surface area contributed by atoms with Gasteiger partial charge in [0.15, 0.2) is 0 Å². The molecule has 1 fully saturated rings. The Kier molecular flexibility index (Phi) is 3.97. The third kappa shape index (κ3) is 2.81. The highest BCUT2D eigenvalue weighted by atomic mass is 16.5. The van der Waals surface area contributed by atoms with E-state index in [2.05, 4.69) is 22.9 Å². The van der Waals surface area contributed by atoms with Crippen molar-refractivity contribution in [1.82, 2.24) is 4.98 Å². The first-order chi connectivity index (χ1) is 10.2. The Morgan fingerprint density at radius 2 is 2.19 bits per heavy atom. The van der Waals surface area contributed by atoms with E-state index in [1.54, 1.807) is 7.11 Å². The van der Waals surface area contributed by atoms with Crippen LogP contribution in [0.15, 0.2) is 30.5 Å². The molecule has 0 amide bonds. The van der Waals surface area contributed by atoms with Gasteiger partial charge in [0.05, 0.1) is 17.8 Å². The maximum atomic E-state index is 6.09. The summed E-state index contributed by atoms with van der Waals surface area (Å²) >= 11 is 0. The molecule has 1 unspecified atom stereocenters. The number of nitrogens with zero attached hydrogens (tertiary/aromatic N) is 2. The summed E-state index contributed by atoms with van der Waals surface area (Å²) in [5, 5.41) is 1.03. The number of rotatable bonds is 6. The van der Waals surface area contributed by atoms with Crippen molar-refractivity contribution in [3.8, 4) is 0 Å². The normalized spacial score (nSPS) is 16.1. The van der Waals surface area contributed by atoms with E-state index in [1.165, 1.54) is 12.8 Å². The number of nitrogens with two attached hydrogens (primary N) is 1. The Balaban J connectivity index is 2.03. The molecule has 3 rings (SSSR count). The summed E-state index contributed by atoms with van der Waals surface area (Å²) < 4.78 is 5.29. The van der Waals surface area contributed by atoms with Crippen LogP contribution in [0.1, 0.15) is 19.8 Å². The molecule has 2 aromatic rings. The van der Waals surface area contributed by atoms with E-state index in [0.29, 0.717) is 6.04 Å². The maximum absolute atomic E-state index is 6.09. The Hall–Kier alpha value is -1.81. The standard InChI is InChI=1S/C17H23N3O/c1-12(13-5-6-13)20(10-11-21-2)16-8-7-15(18)14-4-3-9-19-17(14)16/h3-4,7-9,12-13H,5-6,10-11,18H2,1-2H3. The molecule has 1 aromatic heterocycles. The van der Waals surface area contributed by atoms with Gasteiger partial charge in [0.25, 0.3) is 0 Å². The number of benzene rings is 1. The molecule has 1 atom stereocenters. The summed E-state index contributed by atoms with van der Waals surface area (Å²) in [5.41, 5.74) is 9.03. The van der Waals surface area contributed by atoms with Gasteiger partial charge in [-0.2, -0.15) is 0 Å². The Bertz CT molecular complexity index is 624. The minimum absolute atomic E-state index is 0.508. The van der Waals surface area contributed by atoms with E-state index in [9.17, 15) is 0 Å². The summed E-state index contributed by atoms with van der Waals surface area (Å²) in [7, 11) is 1.75. The van der Waals surface area contributed by atoms with Crippen LogP contribution in [0, 0.1) is 5.92 Å². The van der Waals surface area contributed by atoms with Gasteiger partial charge in [-0.25, -0.2) is 0 Å². The first-order valence-electron chi connectivity index (χ1n) is 7.61. The van der Waals surface area contributed by atoms with Gasteiger partial charge in [0, 0.05) is 37.0 Å².